The van der Waals surface area contributed by atoms with Crippen molar-refractivity contribution in [2.24, 2.45) is 10.8 Å². The molecule has 0 bridgehead atoms. The van der Waals surface area contributed by atoms with E-state index >= 15 is 0 Å². The lowest BCUT2D eigenvalue weighted by Gasteiger charge is -1.91. The van der Waals surface area contributed by atoms with Gasteiger partial charge < -0.3 is 10.7 Å². The van der Waals surface area contributed by atoms with Gasteiger partial charge in [-0.25, -0.2) is 4.98 Å². The maximum atomic E-state index is 5.11. The number of hydrazone groups is 1. The summed E-state index contributed by atoms with van der Waals surface area (Å²) in [4.78, 5) is 6.61. The number of aromatic amines is 1. The first kappa shape index (κ1) is 7.67. The van der Waals surface area contributed by atoms with Crippen LogP contribution in [0, 0.1) is 0 Å². The highest BCUT2D eigenvalue weighted by Gasteiger charge is 1.85. The number of thiocarbonyl (C=S) groups is 1. The van der Waals surface area contributed by atoms with Crippen molar-refractivity contribution in [3.05, 3.63) is 18.2 Å². The lowest BCUT2D eigenvalue weighted by atomic mass is 10.5. The predicted octanol–water partition coefficient (Wildman–Crippen LogP) is -0.423. The van der Waals surface area contributed by atoms with E-state index in [4.69, 9.17) is 5.73 Å². The summed E-state index contributed by atoms with van der Waals surface area (Å²) in [6.07, 6.45) is 4.72. The third kappa shape index (κ3) is 2.76. The molecule has 0 unspecified atom stereocenters. The van der Waals surface area contributed by atoms with Gasteiger partial charge in [-0.1, -0.05) is 0 Å². The first-order valence-electron chi connectivity index (χ1n) is 2.86. The molecule has 1 rings (SSSR count). The molecule has 11 heavy (non-hydrogen) atoms. The molecule has 0 aliphatic carbocycles. The van der Waals surface area contributed by atoms with Crippen LogP contribution in [0.1, 0.15) is 5.69 Å². The van der Waals surface area contributed by atoms with Gasteiger partial charge >= 0.3 is 0 Å². The minimum Gasteiger partial charge on any atom is -0.375 e. The van der Waals surface area contributed by atoms with Crippen molar-refractivity contribution in [3.63, 3.8) is 0 Å². The zero-order valence-electron chi connectivity index (χ0n) is 5.61. The summed E-state index contributed by atoms with van der Waals surface area (Å²) in [6.45, 7) is 0. The van der Waals surface area contributed by atoms with Crippen LogP contribution in [-0.4, -0.2) is 21.3 Å². The second-order valence-corrected chi connectivity index (χ2v) is 2.18. The van der Waals surface area contributed by atoms with Crippen molar-refractivity contribution in [2.45, 2.75) is 0 Å². The number of H-pyrrole nitrogens is 1. The van der Waals surface area contributed by atoms with Crippen molar-refractivity contribution >= 4 is 23.5 Å². The van der Waals surface area contributed by atoms with E-state index in [0.717, 1.165) is 5.69 Å². The molecule has 0 amide bonds. The Kier molecular flexibility index (Phi) is 2.56. The van der Waals surface area contributed by atoms with Crippen molar-refractivity contribution < 1.29 is 0 Å². The zero-order valence-corrected chi connectivity index (χ0v) is 6.43. The minimum absolute atomic E-state index is 0.140. The lowest BCUT2D eigenvalue weighted by Crippen LogP contribution is -2.23. The van der Waals surface area contributed by atoms with Gasteiger partial charge in [-0.05, 0) is 12.2 Å². The molecule has 0 aromatic carbocycles. The number of nitrogens with two attached hydrogens (primary N) is 1. The van der Waals surface area contributed by atoms with E-state index in [1.807, 2.05) is 0 Å². The quantitative estimate of drug-likeness (QED) is 0.319. The molecule has 4 N–H and O–H groups in total. The van der Waals surface area contributed by atoms with Gasteiger partial charge in [-0.2, -0.15) is 5.10 Å². The van der Waals surface area contributed by atoms with E-state index in [1.165, 1.54) is 6.21 Å². The lowest BCUT2D eigenvalue weighted by molar-refractivity contribution is 1.04. The summed E-state index contributed by atoms with van der Waals surface area (Å²) >= 11 is 4.52. The molecule has 0 aliphatic rings. The van der Waals surface area contributed by atoms with E-state index in [0.29, 0.717) is 0 Å². The van der Waals surface area contributed by atoms with E-state index in [1.54, 1.807) is 12.5 Å². The van der Waals surface area contributed by atoms with E-state index in [2.05, 4.69) is 32.7 Å². The van der Waals surface area contributed by atoms with Crippen LogP contribution < -0.4 is 11.2 Å². The monoisotopic (exact) mass is 169 g/mol. The highest BCUT2D eigenvalue weighted by molar-refractivity contribution is 7.80. The van der Waals surface area contributed by atoms with Crippen LogP contribution in [0.25, 0.3) is 0 Å². The maximum absolute atomic E-state index is 5.11. The molecule has 1 aromatic rings. The Morgan fingerprint density at radius 1 is 1.91 bits per heavy atom. The number of nitrogens with zero attached hydrogens (tertiary/aromatic N) is 2. The predicted molar refractivity (Wildman–Crippen MR) is 46.1 cm³/mol. The third-order valence-electron chi connectivity index (χ3n) is 0.898. The summed E-state index contributed by atoms with van der Waals surface area (Å²) in [5.74, 6) is 0. The highest BCUT2D eigenvalue weighted by atomic mass is 32.1. The van der Waals surface area contributed by atoms with Crippen molar-refractivity contribution in [3.8, 4) is 0 Å². The summed E-state index contributed by atoms with van der Waals surface area (Å²) in [5.41, 5.74) is 8.31. The van der Waals surface area contributed by atoms with Gasteiger partial charge in [0.25, 0.3) is 0 Å². The van der Waals surface area contributed by atoms with Crippen LogP contribution in [0.5, 0.6) is 0 Å². The number of nitrogens with one attached hydrogen (secondary N) is 2. The van der Waals surface area contributed by atoms with Crippen LogP contribution in [-0.2, 0) is 0 Å². The van der Waals surface area contributed by atoms with Crippen LogP contribution in [0.15, 0.2) is 17.6 Å². The molecule has 0 spiro atoms. The molecule has 0 atom stereocenters. The first-order valence-corrected chi connectivity index (χ1v) is 3.27. The average molecular weight is 169 g/mol. The van der Waals surface area contributed by atoms with Gasteiger partial charge in [0.1, 0.15) is 0 Å². The van der Waals surface area contributed by atoms with Gasteiger partial charge in [0.15, 0.2) is 5.11 Å². The Morgan fingerprint density at radius 2 is 2.73 bits per heavy atom. The van der Waals surface area contributed by atoms with Crippen LogP contribution in [0.2, 0.25) is 0 Å². The normalized spacial score (nSPS) is 10.2. The number of rotatable bonds is 2. The molecule has 6 heteroatoms. The largest absolute Gasteiger partial charge is 0.375 e. The topological polar surface area (TPSA) is 79.1 Å². The SMILES string of the molecule is NC(=S)N/N=C/c1cnc[nH]1. The average Bonchev–Trinajstić information content (AvgIpc) is 2.39. The molecule has 5 nitrogen and oxygen atoms in total. The Bertz CT molecular complexity index is 252. The van der Waals surface area contributed by atoms with Gasteiger partial charge in [0.2, 0.25) is 0 Å². The van der Waals surface area contributed by atoms with Crippen LogP contribution in [0.3, 0.4) is 0 Å². The highest BCUT2D eigenvalue weighted by Crippen LogP contribution is 1.82. The van der Waals surface area contributed by atoms with E-state index in [-0.39, 0.29) is 5.11 Å². The molecule has 0 aliphatic heterocycles. The van der Waals surface area contributed by atoms with E-state index < -0.39 is 0 Å². The summed E-state index contributed by atoms with van der Waals surface area (Å²) in [7, 11) is 0. The van der Waals surface area contributed by atoms with Crippen molar-refractivity contribution in [1.29, 1.82) is 0 Å². The van der Waals surface area contributed by atoms with Gasteiger partial charge in [-0.15, -0.1) is 0 Å². The molecule has 1 heterocycles. The Morgan fingerprint density at radius 3 is 3.27 bits per heavy atom. The van der Waals surface area contributed by atoms with Crippen LogP contribution in [0.4, 0.5) is 0 Å². The molecule has 0 saturated heterocycles. The Hall–Kier alpha value is -1.43. The van der Waals surface area contributed by atoms with Gasteiger partial charge in [0, 0.05) is 0 Å². The maximum Gasteiger partial charge on any atom is 0.184 e. The summed E-state index contributed by atoms with van der Waals surface area (Å²) in [6, 6.07) is 0. The molecule has 0 saturated carbocycles. The second-order valence-electron chi connectivity index (χ2n) is 1.74. The molecular formula is C5H7N5S. The Labute approximate surface area is 68.7 Å². The smallest absolute Gasteiger partial charge is 0.184 e. The number of hydrogen-bond donors (Lipinski definition) is 3. The number of aromatic nitrogens is 2. The van der Waals surface area contributed by atoms with Gasteiger partial charge in [0.05, 0.1) is 24.4 Å². The first-order chi connectivity index (χ1) is 5.29. The Balaban J connectivity index is 2.43. The third-order valence-corrected chi connectivity index (χ3v) is 0.989. The molecule has 0 radical (unpaired) electrons. The molecule has 1 aromatic heterocycles. The summed E-state index contributed by atoms with van der Waals surface area (Å²) < 4.78 is 0. The fraction of sp³-hybridized carbons (Fsp3) is 0. The molecule has 58 valence electrons. The van der Waals surface area contributed by atoms with Crippen molar-refractivity contribution in [2.75, 3.05) is 0 Å². The molecular weight excluding hydrogens is 162 g/mol. The van der Waals surface area contributed by atoms with Crippen molar-refractivity contribution in [1.82, 2.24) is 15.4 Å². The fourth-order valence-electron chi connectivity index (χ4n) is 0.503. The van der Waals surface area contributed by atoms with Gasteiger partial charge in [-0.3, -0.25) is 5.43 Å². The van der Waals surface area contributed by atoms with E-state index in [9.17, 15) is 0 Å². The fourth-order valence-corrected chi connectivity index (χ4v) is 0.555. The number of imidazole rings is 1. The minimum atomic E-state index is 0.140. The van der Waals surface area contributed by atoms with Crippen LogP contribution >= 0.6 is 12.2 Å². The molecule has 0 fully saturated rings. The number of hydrogen-bond acceptors (Lipinski definition) is 3. The standard InChI is InChI=1S/C5H7N5S/c6-5(11)10-9-2-4-1-7-3-8-4/h1-3H,(H,7,8)(H3,6,10,11)/b9-2+. The summed E-state index contributed by atoms with van der Waals surface area (Å²) in [5, 5.41) is 3.84. The zero-order chi connectivity index (χ0) is 8.10. The second kappa shape index (κ2) is 3.67.